The third-order valence-electron chi connectivity index (χ3n) is 2.66. The Balaban J connectivity index is 1.67. The van der Waals surface area contributed by atoms with Gasteiger partial charge in [0.15, 0.2) is 6.79 Å². The molecule has 1 saturated carbocycles. The van der Waals surface area contributed by atoms with E-state index in [0.29, 0.717) is 6.79 Å². The molecular formula is C13H19NO2. The lowest BCUT2D eigenvalue weighted by Gasteiger charge is -2.07. The van der Waals surface area contributed by atoms with E-state index in [1.807, 2.05) is 19.2 Å². The summed E-state index contributed by atoms with van der Waals surface area (Å²) < 4.78 is 10.9. The van der Waals surface area contributed by atoms with Gasteiger partial charge in [-0.2, -0.15) is 0 Å². The molecule has 1 aromatic rings. The number of benzene rings is 1. The second kappa shape index (κ2) is 5.87. The zero-order valence-electron chi connectivity index (χ0n) is 9.74. The summed E-state index contributed by atoms with van der Waals surface area (Å²) in [7, 11) is 1.94. The molecule has 0 amide bonds. The van der Waals surface area contributed by atoms with Gasteiger partial charge in [-0.05, 0) is 43.5 Å². The molecule has 0 radical (unpaired) electrons. The van der Waals surface area contributed by atoms with E-state index in [4.69, 9.17) is 9.47 Å². The molecule has 0 saturated heterocycles. The van der Waals surface area contributed by atoms with Gasteiger partial charge in [-0.25, -0.2) is 0 Å². The highest BCUT2D eigenvalue weighted by Crippen LogP contribution is 2.28. The average Bonchev–Trinajstić information content (AvgIpc) is 3.11. The van der Waals surface area contributed by atoms with Gasteiger partial charge in [-0.1, -0.05) is 12.1 Å². The minimum atomic E-state index is 0.363. The van der Waals surface area contributed by atoms with Crippen LogP contribution in [-0.4, -0.2) is 20.4 Å². The van der Waals surface area contributed by atoms with Gasteiger partial charge in [0.1, 0.15) is 5.75 Å². The van der Waals surface area contributed by atoms with Gasteiger partial charge in [0.2, 0.25) is 0 Å². The van der Waals surface area contributed by atoms with Crippen LogP contribution in [0.3, 0.4) is 0 Å². The lowest BCUT2D eigenvalue weighted by atomic mass is 10.2. The SMILES string of the molecule is CNCc1ccc(OCOCC2CC2)cc1. The summed E-state index contributed by atoms with van der Waals surface area (Å²) in [6, 6.07) is 8.08. The van der Waals surface area contributed by atoms with Gasteiger partial charge in [-0.3, -0.25) is 0 Å². The molecule has 1 fully saturated rings. The van der Waals surface area contributed by atoms with Crippen LogP contribution in [0.25, 0.3) is 0 Å². The molecule has 0 aliphatic heterocycles. The predicted molar refractivity (Wildman–Crippen MR) is 63.4 cm³/mol. The van der Waals surface area contributed by atoms with Crippen molar-refractivity contribution in [2.75, 3.05) is 20.4 Å². The zero-order chi connectivity index (χ0) is 11.2. The topological polar surface area (TPSA) is 30.5 Å². The lowest BCUT2D eigenvalue weighted by molar-refractivity contribution is 0.00997. The molecule has 0 bridgehead atoms. The first-order valence-electron chi connectivity index (χ1n) is 5.82. The molecule has 1 aliphatic carbocycles. The molecule has 16 heavy (non-hydrogen) atoms. The third-order valence-corrected chi connectivity index (χ3v) is 2.66. The molecule has 3 heteroatoms. The Kier molecular flexibility index (Phi) is 4.19. The van der Waals surface area contributed by atoms with Gasteiger partial charge in [0.05, 0.1) is 6.61 Å². The number of rotatable bonds is 7. The largest absolute Gasteiger partial charge is 0.468 e. The van der Waals surface area contributed by atoms with Crippen LogP contribution in [0, 0.1) is 5.92 Å². The van der Waals surface area contributed by atoms with Crippen LogP contribution < -0.4 is 10.1 Å². The van der Waals surface area contributed by atoms with Crippen molar-refractivity contribution in [1.82, 2.24) is 5.32 Å². The molecule has 0 unspecified atom stereocenters. The maximum absolute atomic E-state index is 5.47. The van der Waals surface area contributed by atoms with Crippen molar-refractivity contribution in [3.8, 4) is 5.75 Å². The fourth-order valence-electron chi connectivity index (χ4n) is 1.52. The Morgan fingerprint density at radius 3 is 2.62 bits per heavy atom. The Morgan fingerprint density at radius 2 is 2.00 bits per heavy atom. The van der Waals surface area contributed by atoms with Crippen LogP contribution in [-0.2, 0) is 11.3 Å². The summed E-state index contributed by atoms with van der Waals surface area (Å²) in [6.45, 7) is 2.10. The fourth-order valence-corrected chi connectivity index (χ4v) is 1.52. The Hall–Kier alpha value is -1.06. The summed E-state index contributed by atoms with van der Waals surface area (Å²) in [5.74, 6) is 1.66. The molecule has 2 rings (SSSR count). The summed E-state index contributed by atoms with van der Waals surface area (Å²) in [6.07, 6.45) is 2.64. The van der Waals surface area contributed by atoms with Gasteiger partial charge in [0, 0.05) is 6.54 Å². The van der Waals surface area contributed by atoms with Crippen LogP contribution in [0.1, 0.15) is 18.4 Å². The maximum Gasteiger partial charge on any atom is 0.189 e. The number of hydrogen-bond acceptors (Lipinski definition) is 3. The van der Waals surface area contributed by atoms with Crippen molar-refractivity contribution < 1.29 is 9.47 Å². The Labute approximate surface area is 96.8 Å². The molecule has 0 aromatic heterocycles. The minimum Gasteiger partial charge on any atom is -0.468 e. The summed E-state index contributed by atoms with van der Waals surface area (Å²) in [4.78, 5) is 0. The molecule has 1 N–H and O–H groups in total. The highest BCUT2D eigenvalue weighted by atomic mass is 16.7. The predicted octanol–water partition coefficient (Wildman–Crippen LogP) is 2.17. The maximum atomic E-state index is 5.47. The fraction of sp³-hybridized carbons (Fsp3) is 0.538. The van der Waals surface area contributed by atoms with Crippen LogP contribution >= 0.6 is 0 Å². The van der Waals surface area contributed by atoms with E-state index < -0.39 is 0 Å². The van der Waals surface area contributed by atoms with Crippen LogP contribution in [0.4, 0.5) is 0 Å². The Bertz CT molecular complexity index is 306. The van der Waals surface area contributed by atoms with Gasteiger partial charge in [-0.15, -0.1) is 0 Å². The van der Waals surface area contributed by atoms with E-state index in [1.165, 1.54) is 18.4 Å². The number of nitrogens with one attached hydrogen (secondary N) is 1. The molecule has 3 nitrogen and oxygen atoms in total. The average molecular weight is 221 g/mol. The molecule has 0 heterocycles. The zero-order valence-corrected chi connectivity index (χ0v) is 9.74. The van der Waals surface area contributed by atoms with Crippen molar-refractivity contribution in [3.63, 3.8) is 0 Å². The van der Waals surface area contributed by atoms with Gasteiger partial charge < -0.3 is 14.8 Å². The van der Waals surface area contributed by atoms with Gasteiger partial charge in [0.25, 0.3) is 0 Å². The summed E-state index contributed by atoms with van der Waals surface area (Å²) >= 11 is 0. The van der Waals surface area contributed by atoms with E-state index >= 15 is 0 Å². The second-order valence-corrected chi connectivity index (χ2v) is 4.25. The second-order valence-electron chi connectivity index (χ2n) is 4.25. The molecular weight excluding hydrogens is 202 g/mol. The standard InChI is InChI=1S/C13H19NO2/c1-14-8-11-4-6-13(7-5-11)16-10-15-9-12-2-3-12/h4-7,12,14H,2-3,8-10H2,1H3. The molecule has 0 spiro atoms. The van der Waals surface area contributed by atoms with Crippen molar-refractivity contribution in [2.24, 2.45) is 5.92 Å². The van der Waals surface area contributed by atoms with Crippen molar-refractivity contribution in [2.45, 2.75) is 19.4 Å². The third kappa shape index (κ3) is 3.83. The molecule has 1 aromatic carbocycles. The van der Waals surface area contributed by atoms with E-state index in [9.17, 15) is 0 Å². The highest BCUT2D eigenvalue weighted by Gasteiger charge is 2.20. The first kappa shape index (κ1) is 11.4. The number of hydrogen-bond donors (Lipinski definition) is 1. The van der Waals surface area contributed by atoms with E-state index in [2.05, 4.69) is 17.4 Å². The minimum absolute atomic E-state index is 0.363. The van der Waals surface area contributed by atoms with Crippen molar-refractivity contribution in [1.29, 1.82) is 0 Å². The molecule has 1 aliphatic rings. The lowest BCUT2D eigenvalue weighted by Crippen LogP contribution is -2.06. The molecule has 88 valence electrons. The summed E-state index contributed by atoms with van der Waals surface area (Å²) in [5, 5.41) is 3.11. The van der Waals surface area contributed by atoms with Crippen molar-refractivity contribution >= 4 is 0 Å². The quantitative estimate of drug-likeness (QED) is 0.565. The first-order chi connectivity index (χ1) is 7.88. The van der Waals surface area contributed by atoms with E-state index in [1.54, 1.807) is 0 Å². The molecule has 0 atom stereocenters. The highest BCUT2D eigenvalue weighted by molar-refractivity contribution is 5.27. The number of ether oxygens (including phenoxy) is 2. The van der Waals surface area contributed by atoms with E-state index in [-0.39, 0.29) is 0 Å². The van der Waals surface area contributed by atoms with Crippen molar-refractivity contribution in [3.05, 3.63) is 29.8 Å². The van der Waals surface area contributed by atoms with Crippen LogP contribution in [0.2, 0.25) is 0 Å². The van der Waals surface area contributed by atoms with E-state index in [0.717, 1.165) is 24.8 Å². The smallest absolute Gasteiger partial charge is 0.189 e. The Morgan fingerprint density at radius 1 is 1.25 bits per heavy atom. The van der Waals surface area contributed by atoms with Gasteiger partial charge >= 0.3 is 0 Å². The monoisotopic (exact) mass is 221 g/mol. The summed E-state index contributed by atoms with van der Waals surface area (Å²) in [5.41, 5.74) is 1.26. The normalized spacial score (nSPS) is 15.1. The van der Waals surface area contributed by atoms with Crippen LogP contribution in [0.5, 0.6) is 5.75 Å². The first-order valence-corrected chi connectivity index (χ1v) is 5.82. The van der Waals surface area contributed by atoms with Crippen LogP contribution in [0.15, 0.2) is 24.3 Å².